The zero-order valence-electron chi connectivity index (χ0n) is 19.0. The number of benzene rings is 3. The van der Waals surface area contributed by atoms with Crippen molar-refractivity contribution in [3.63, 3.8) is 0 Å². The van der Waals surface area contributed by atoms with Crippen LogP contribution in [-0.4, -0.2) is 15.5 Å². The van der Waals surface area contributed by atoms with E-state index in [0.717, 1.165) is 35.4 Å². The minimum Gasteiger partial charge on any atom is -0.427 e. The molecule has 5 rings (SSSR count). The van der Waals surface area contributed by atoms with Crippen molar-refractivity contribution in [3.05, 3.63) is 84.4 Å². The molecule has 0 amide bonds. The zero-order valence-corrected chi connectivity index (χ0v) is 19.0. The molecule has 0 atom stereocenters. The second-order valence-electron chi connectivity index (χ2n) is 9.04. The number of esters is 1. The Labute approximate surface area is 195 Å². The molecule has 1 heterocycles. The Hall–Kier alpha value is -3.40. The van der Waals surface area contributed by atoms with Crippen molar-refractivity contribution in [2.24, 2.45) is 5.92 Å². The Morgan fingerprint density at radius 2 is 1.61 bits per heavy atom. The van der Waals surface area contributed by atoms with Gasteiger partial charge >= 0.3 is 5.97 Å². The SMILES string of the molecule is O=C(CCC1CCCCC1)Oc1ccc(-c2nc3ccccc3n2Cc2ccccc2)cc1. The van der Waals surface area contributed by atoms with Crippen molar-refractivity contribution >= 4 is 17.0 Å². The summed E-state index contributed by atoms with van der Waals surface area (Å²) in [5.74, 6) is 2.06. The lowest BCUT2D eigenvalue weighted by molar-refractivity contribution is -0.134. The van der Waals surface area contributed by atoms with Gasteiger partial charge in [0.25, 0.3) is 0 Å². The van der Waals surface area contributed by atoms with E-state index in [4.69, 9.17) is 9.72 Å². The first-order chi connectivity index (χ1) is 16.3. The second kappa shape index (κ2) is 10.0. The van der Waals surface area contributed by atoms with Crippen LogP contribution in [0.25, 0.3) is 22.4 Å². The molecule has 1 aromatic heterocycles. The van der Waals surface area contributed by atoms with Gasteiger partial charge in [0.2, 0.25) is 0 Å². The number of carbonyl (C=O) groups is 1. The van der Waals surface area contributed by atoms with Crippen molar-refractivity contribution in [2.75, 3.05) is 0 Å². The number of aromatic nitrogens is 2. The van der Waals surface area contributed by atoms with Crippen molar-refractivity contribution in [1.82, 2.24) is 9.55 Å². The van der Waals surface area contributed by atoms with Crippen LogP contribution in [0.15, 0.2) is 78.9 Å². The number of fused-ring (bicyclic) bond motifs is 1. The van der Waals surface area contributed by atoms with E-state index < -0.39 is 0 Å². The molecule has 1 saturated carbocycles. The normalized spacial score (nSPS) is 14.4. The van der Waals surface area contributed by atoms with E-state index in [0.29, 0.717) is 18.1 Å². The first kappa shape index (κ1) is 21.4. The third kappa shape index (κ3) is 5.16. The van der Waals surface area contributed by atoms with Gasteiger partial charge in [0.15, 0.2) is 0 Å². The van der Waals surface area contributed by atoms with Gasteiger partial charge < -0.3 is 9.30 Å². The molecule has 0 N–H and O–H groups in total. The molecule has 4 nitrogen and oxygen atoms in total. The standard InChI is InChI=1S/C29H30N2O2/c32-28(20-15-22-9-3-1-4-10-22)33-25-18-16-24(17-19-25)29-30-26-13-7-8-14-27(26)31(29)21-23-11-5-2-6-12-23/h2,5-8,11-14,16-19,22H,1,3-4,9-10,15,20-21H2. The predicted molar refractivity (Wildman–Crippen MR) is 132 cm³/mol. The molecule has 1 aliphatic carbocycles. The zero-order chi connectivity index (χ0) is 22.5. The quantitative estimate of drug-likeness (QED) is 0.230. The summed E-state index contributed by atoms with van der Waals surface area (Å²) in [6, 6.07) is 26.4. The largest absolute Gasteiger partial charge is 0.427 e. The highest BCUT2D eigenvalue weighted by atomic mass is 16.5. The van der Waals surface area contributed by atoms with Crippen LogP contribution in [0.4, 0.5) is 0 Å². The number of hydrogen-bond acceptors (Lipinski definition) is 3. The lowest BCUT2D eigenvalue weighted by Crippen LogP contribution is -2.12. The van der Waals surface area contributed by atoms with Crippen molar-refractivity contribution in [2.45, 2.75) is 51.5 Å². The van der Waals surface area contributed by atoms with Crippen LogP contribution in [-0.2, 0) is 11.3 Å². The Kier molecular flexibility index (Phi) is 6.52. The first-order valence-electron chi connectivity index (χ1n) is 12.1. The van der Waals surface area contributed by atoms with Gasteiger partial charge in [0, 0.05) is 18.5 Å². The molecule has 3 aromatic carbocycles. The van der Waals surface area contributed by atoms with Crippen LogP contribution in [0, 0.1) is 5.92 Å². The van der Waals surface area contributed by atoms with Crippen LogP contribution >= 0.6 is 0 Å². The van der Waals surface area contributed by atoms with Crippen LogP contribution in [0.1, 0.15) is 50.5 Å². The first-order valence-corrected chi connectivity index (χ1v) is 12.1. The maximum atomic E-state index is 12.3. The fraction of sp³-hybridized carbons (Fsp3) is 0.310. The van der Waals surface area contributed by atoms with E-state index in [2.05, 4.69) is 34.9 Å². The van der Waals surface area contributed by atoms with Gasteiger partial charge in [0.1, 0.15) is 11.6 Å². The fourth-order valence-corrected chi connectivity index (χ4v) is 4.87. The van der Waals surface area contributed by atoms with E-state index in [9.17, 15) is 4.79 Å². The predicted octanol–water partition coefficient (Wildman–Crippen LogP) is 7.02. The number of imidazole rings is 1. The molecule has 4 heteroatoms. The Bertz CT molecular complexity index is 1210. The third-order valence-corrected chi connectivity index (χ3v) is 6.66. The summed E-state index contributed by atoms with van der Waals surface area (Å²) in [7, 11) is 0. The molecule has 4 aromatic rings. The van der Waals surface area contributed by atoms with Gasteiger partial charge in [-0.25, -0.2) is 4.98 Å². The van der Waals surface area contributed by atoms with Crippen molar-refractivity contribution in [3.8, 4) is 17.1 Å². The summed E-state index contributed by atoms with van der Waals surface area (Å²) < 4.78 is 7.86. The number of carbonyl (C=O) groups excluding carboxylic acids is 1. The van der Waals surface area contributed by atoms with E-state index in [1.165, 1.54) is 37.7 Å². The summed E-state index contributed by atoms with van der Waals surface area (Å²) >= 11 is 0. The molecule has 1 fully saturated rings. The topological polar surface area (TPSA) is 44.1 Å². The highest BCUT2D eigenvalue weighted by Gasteiger charge is 2.16. The number of hydrogen-bond donors (Lipinski definition) is 0. The summed E-state index contributed by atoms with van der Waals surface area (Å²) in [4.78, 5) is 17.3. The summed E-state index contributed by atoms with van der Waals surface area (Å²) in [6.07, 6.45) is 7.90. The van der Waals surface area contributed by atoms with Crippen LogP contribution in [0.5, 0.6) is 5.75 Å². The van der Waals surface area contributed by atoms with Crippen LogP contribution in [0.2, 0.25) is 0 Å². The van der Waals surface area contributed by atoms with E-state index in [1.54, 1.807) is 0 Å². The third-order valence-electron chi connectivity index (χ3n) is 6.66. The molecule has 33 heavy (non-hydrogen) atoms. The number of rotatable bonds is 7. The molecule has 168 valence electrons. The summed E-state index contributed by atoms with van der Waals surface area (Å²) in [5.41, 5.74) is 4.31. The van der Waals surface area contributed by atoms with Crippen molar-refractivity contribution < 1.29 is 9.53 Å². The van der Waals surface area contributed by atoms with E-state index >= 15 is 0 Å². The van der Waals surface area contributed by atoms with E-state index in [1.807, 2.05) is 48.5 Å². The highest BCUT2D eigenvalue weighted by Crippen LogP contribution is 2.29. The van der Waals surface area contributed by atoms with Crippen LogP contribution < -0.4 is 4.74 Å². The van der Waals surface area contributed by atoms with Gasteiger partial charge in [-0.2, -0.15) is 0 Å². The minimum atomic E-state index is -0.135. The lowest BCUT2D eigenvalue weighted by Gasteiger charge is -2.20. The number of para-hydroxylation sites is 2. The molecule has 1 aliphatic rings. The van der Waals surface area contributed by atoms with Crippen molar-refractivity contribution in [1.29, 1.82) is 0 Å². The average molecular weight is 439 g/mol. The average Bonchev–Trinajstić information content (AvgIpc) is 3.23. The summed E-state index contributed by atoms with van der Waals surface area (Å²) in [5, 5.41) is 0. The lowest BCUT2D eigenvalue weighted by atomic mass is 9.86. The molecular weight excluding hydrogens is 408 g/mol. The molecule has 0 spiro atoms. The van der Waals surface area contributed by atoms with Gasteiger partial charge in [-0.1, -0.05) is 74.6 Å². The number of nitrogens with zero attached hydrogens (tertiary/aromatic N) is 2. The smallest absolute Gasteiger partial charge is 0.311 e. The Morgan fingerprint density at radius 3 is 2.39 bits per heavy atom. The fourth-order valence-electron chi connectivity index (χ4n) is 4.87. The van der Waals surface area contributed by atoms with E-state index in [-0.39, 0.29) is 5.97 Å². The molecule has 0 bridgehead atoms. The van der Waals surface area contributed by atoms with Gasteiger partial charge in [-0.05, 0) is 54.3 Å². The number of ether oxygens (including phenoxy) is 1. The second-order valence-corrected chi connectivity index (χ2v) is 9.04. The minimum absolute atomic E-state index is 0.135. The molecule has 0 saturated heterocycles. The Morgan fingerprint density at radius 1 is 0.879 bits per heavy atom. The molecule has 0 unspecified atom stereocenters. The van der Waals surface area contributed by atoms with Gasteiger partial charge in [-0.15, -0.1) is 0 Å². The maximum Gasteiger partial charge on any atom is 0.311 e. The van der Waals surface area contributed by atoms with Gasteiger partial charge in [-0.3, -0.25) is 4.79 Å². The molecular formula is C29H30N2O2. The highest BCUT2D eigenvalue weighted by molar-refractivity contribution is 5.81. The monoisotopic (exact) mass is 438 g/mol. The summed E-state index contributed by atoms with van der Waals surface area (Å²) in [6.45, 7) is 0.745. The molecule has 0 aliphatic heterocycles. The van der Waals surface area contributed by atoms with Crippen LogP contribution in [0.3, 0.4) is 0 Å². The van der Waals surface area contributed by atoms with Gasteiger partial charge in [0.05, 0.1) is 11.0 Å². The Balaban J connectivity index is 1.32. The molecule has 0 radical (unpaired) electrons. The maximum absolute atomic E-state index is 12.3.